The Balaban J connectivity index is 1.18. The Morgan fingerprint density at radius 2 is 2.00 bits per heavy atom. The molecule has 4 aromatic heterocycles. The quantitative estimate of drug-likeness (QED) is 0.332. The van der Waals surface area contributed by atoms with Crippen LogP contribution in [-0.4, -0.2) is 81.1 Å². The van der Waals surface area contributed by atoms with Gasteiger partial charge >= 0.3 is 0 Å². The van der Waals surface area contributed by atoms with E-state index in [-0.39, 0.29) is 13.2 Å². The maximum Gasteiger partial charge on any atom is 0.212 e. The summed E-state index contributed by atoms with van der Waals surface area (Å²) in [6.45, 7) is 2.90. The molecule has 7 rings (SSSR count). The predicted molar refractivity (Wildman–Crippen MR) is 144 cm³/mol. The minimum absolute atomic E-state index is 0.0638. The number of anilines is 1. The molecular formula is C28H30N8O3. The van der Waals surface area contributed by atoms with Gasteiger partial charge in [0.05, 0.1) is 30.6 Å². The molecule has 0 spiro atoms. The fourth-order valence-electron chi connectivity index (χ4n) is 5.44. The molecule has 11 heteroatoms. The summed E-state index contributed by atoms with van der Waals surface area (Å²) in [5.74, 6) is 2.08. The molecule has 0 aromatic carbocycles. The first kappa shape index (κ1) is 25.1. The fraction of sp³-hybridized carbons (Fsp3) is 0.357. The molecule has 3 saturated heterocycles. The monoisotopic (exact) mass is 526 g/mol. The van der Waals surface area contributed by atoms with E-state index in [1.54, 1.807) is 17.8 Å². The van der Waals surface area contributed by atoms with Gasteiger partial charge in [-0.05, 0) is 30.2 Å². The number of hydrogen-bond acceptors (Lipinski definition) is 10. The Bertz CT molecular complexity index is 1490. The smallest absolute Gasteiger partial charge is 0.212 e. The van der Waals surface area contributed by atoms with Gasteiger partial charge in [0.1, 0.15) is 30.3 Å². The molecule has 3 aliphatic heterocycles. The first-order valence-electron chi connectivity index (χ1n) is 12.9. The van der Waals surface area contributed by atoms with Gasteiger partial charge in [0.15, 0.2) is 0 Å². The molecule has 4 aromatic rings. The Morgan fingerprint density at radius 1 is 1.15 bits per heavy atom. The maximum absolute atomic E-state index is 9.81. The highest BCUT2D eigenvalue weighted by atomic mass is 16.5. The number of nitriles is 1. The van der Waals surface area contributed by atoms with Crippen LogP contribution in [0.1, 0.15) is 17.5 Å². The lowest BCUT2D eigenvalue weighted by atomic mass is 9.87. The Kier molecular flexibility index (Phi) is 6.74. The molecule has 3 atom stereocenters. The van der Waals surface area contributed by atoms with E-state index in [4.69, 9.17) is 20.2 Å². The number of pyridine rings is 3. The minimum Gasteiger partial charge on any atom is -0.489 e. The largest absolute Gasteiger partial charge is 0.489 e. The average Bonchev–Trinajstić information content (AvgIpc) is 3.41. The van der Waals surface area contributed by atoms with Crippen LogP contribution in [-0.2, 0) is 6.54 Å². The third kappa shape index (κ3) is 4.85. The van der Waals surface area contributed by atoms with E-state index >= 15 is 0 Å². The molecule has 2 bridgehead atoms. The minimum atomic E-state index is -0.767. The number of aromatic nitrogens is 4. The van der Waals surface area contributed by atoms with Gasteiger partial charge in [-0.15, -0.1) is 0 Å². The third-order valence-electron chi connectivity index (χ3n) is 7.52. The second-order valence-corrected chi connectivity index (χ2v) is 9.99. The molecule has 3 fully saturated rings. The highest BCUT2D eigenvalue weighted by Gasteiger charge is 2.44. The van der Waals surface area contributed by atoms with E-state index in [1.807, 2.05) is 36.7 Å². The average molecular weight is 527 g/mol. The van der Waals surface area contributed by atoms with Crippen LogP contribution in [0.4, 0.5) is 5.82 Å². The zero-order chi connectivity index (χ0) is 26.9. The molecule has 0 saturated carbocycles. The van der Waals surface area contributed by atoms with E-state index in [0.717, 1.165) is 36.6 Å². The number of rotatable bonds is 9. The second-order valence-electron chi connectivity index (χ2n) is 9.99. The van der Waals surface area contributed by atoms with Gasteiger partial charge < -0.3 is 25.2 Å². The number of ether oxygens (including phenoxy) is 2. The van der Waals surface area contributed by atoms with Crippen LogP contribution >= 0.6 is 0 Å². The normalized spacial score (nSPS) is 19.4. The summed E-state index contributed by atoms with van der Waals surface area (Å²) >= 11 is 0. The molecule has 3 N–H and O–H groups in total. The summed E-state index contributed by atoms with van der Waals surface area (Å²) in [5, 5.41) is 23.8. The molecule has 0 aliphatic carbocycles. The molecule has 39 heavy (non-hydrogen) atoms. The van der Waals surface area contributed by atoms with Crippen molar-refractivity contribution < 1.29 is 14.6 Å². The van der Waals surface area contributed by atoms with E-state index in [0.29, 0.717) is 34.8 Å². The van der Waals surface area contributed by atoms with Gasteiger partial charge in [-0.3, -0.25) is 4.90 Å². The van der Waals surface area contributed by atoms with Crippen molar-refractivity contribution in [3.8, 4) is 28.8 Å². The summed E-state index contributed by atoms with van der Waals surface area (Å²) in [4.78, 5) is 14.0. The summed E-state index contributed by atoms with van der Waals surface area (Å²) in [6, 6.07) is 13.1. The lowest BCUT2D eigenvalue weighted by molar-refractivity contribution is -0.00876. The molecule has 3 unspecified atom stereocenters. The third-order valence-corrected chi connectivity index (χ3v) is 7.52. The molecule has 0 radical (unpaired) electrons. The van der Waals surface area contributed by atoms with E-state index in [1.165, 1.54) is 18.2 Å². The van der Waals surface area contributed by atoms with Crippen LogP contribution in [0, 0.1) is 11.3 Å². The van der Waals surface area contributed by atoms with Crippen molar-refractivity contribution in [3.05, 3.63) is 66.2 Å². The SMILES string of the molecule is COc1ccc(CN2C3CC2CN(c2ccc(-c4cc(OCC(O)CN)cn5ncc(C#N)c45)cn2)C3)cn1. The predicted octanol–water partition coefficient (Wildman–Crippen LogP) is 1.83. The first-order valence-corrected chi connectivity index (χ1v) is 12.9. The van der Waals surface area contributed by atoms with Crippen LogP contribution < -0.4 is 20.1 Å². The number of aliphatic hydroxyl groups excluding tert-OH is 1. The zero-order valence-corrected chi connectivity index (χ0v) is 21.6. The maximum atomic E-state index is 9.81. The van der Waals surface area contributed by atoms with E-state index in [9.17, 15) is 10.4 Å². The molecule has 7 heterocycles. The number of fused-ring (bicyclic) bond motifs is 3. The summed E-state index contributed by atoms with van der Waals surface area (Å²) in [7, 11) is 1.63. The van der Waals surface area contributed by atoms with Crippen molar-refractivity contribution in [2.75, 3.05) is 38.3 Å². The van der Waals surface area contributed by atoms with Gasteiger partial charge in [0.25, 0.3) is 0 Å². The van der Waals surface area contributed by atoms with Gasteiger partial charge in [0.2, 0.25) is 5.88 Å². The topological polar surface area (TPSA) is 138 Å². The van der Waals surface area contributed by atoms with Crippen molar-refractivity contribution in [3.63, 3.8) is 0 Å². The first-order chi connectivity index (χ1) is 19.1. The van der Waals surface area contributed by atoms with Crippen LogP contribution in [0.25, 0.3) is 16.6 Å². The van der Waals surface area contributed by atoms with Gasteiger partial charge in [-0.1, -0.05) is 6.07 Å². The molecular weight excluding hydrogens is 496 g/mol. The Hall–Kier alpha value is -4.24. The number of methoxy groups -OCH3 is 1. The summed E-state index contributed by atoms with van der Waals surface area (Å²) in [5.41, 5.74) is 9.47. The van der Waals surface area contributed by atoms with Crippen LogP contribution in [0.5, 0.6) is 11.6 Å². The summed E-state index contributed by atoms with van der Waals surface area (Å²) < 4.78 is 12.5. The number of aliphatic hydroxyl groups is 1. The zero-order valence-electron chi connectivity index (χ0n) is 21.6. The van der Waals surface area contributed by atoms with Crippen LogP contribution in [0.15, 0.2) is 55.1 Å². The standard InChI is InChI=1S/C28H30N8O3/c1-38-27-5-2-18(10-32-27)13-35-21-6-22(35)15-34(14-21)26-4-3-19(11-31-26)25-7-24(39-17-23(37)9-30)16-36-28(25)20(8-29)12-33-36/h2-5,7,10-12,16,21-23,37H,6,9,13-15,17,30H2,1H3. The Labute approximate surface area is 226 Å². The van der Waals surface area contributed by atoms with Crippen molar-refractivity contribution in [2.45, 2.75) is 31.2 Å². The van der Waals surface area contributed by atoms with Crippen molar-refractivity contribution >= 4 is 11.3 Å². The number of nitrogens with two attached hydrogens (primary N) is 1. The fourth-order valence-corrected chi connectivity index (χ4v) is 5.44. The van der Waals surface area contributed by atoms with Crippen LogP contribution in [0.3, 0.4) is 0 Å². The highest BCUT2D eigenvalue weighted by Crippen LogP contribution is 2.36. The molecule has 3 aliphatic rings. The Morgan fingerprint density at radius 3 is 2.67 bits per heavy atom. The number of piperidine rings is 1. The van der Waals surface area contributed by atoms with Crippen molar-refractivity contribution in [2.24, 2.45) is 5.73 Å². The molecule has 0 amide bonds. The van der Waals surface area contributed by atoms with Gasteiger partial charge in [0, 0.05) is 67.8 Å². The van der Waals surface area contributed by atoms with Gasteiger partial charge in [-0.25, -0.2) is 14.5 Å². The highest BCUT2D eigenvalue weighted by molar-refractivity contribution is 5.85. The lowest BCUT2D eigenvalue weighted by Gasteiger charge is -2.56. The van der Waals surface area contributed by atoms with Crippen molar-refractivity contribution in [1.82, 2.24) is 24.5 Å². The number of nitrogens with zero attached hydrogens (tertiary/aromatic N) is 7. The lowest BCUT2D eigenvalue weighted by Crippen LogP contribution is -2.68. The number of hydrogen-bond donors (Lipinski definition) is 2. The van der Waals surface area contributed by atoms with E-state index in [2.05, 4.69) is 32.0 Å². The van der Waals surface area contributed by atoms with Crippen molar-refractivity contribution in [1.29, 1.82) is 5.26 Å². The molecule has 11 nitrogen and oxygen atoms in total. The van der Waals surface area contributed by atoms with E-state index < -0.39 is 6.10 Å². The van der Waals surface area contributed by atoms with Gasteiger partial charge in [-0.2, -0.15) is 10.4 Å². The molecule has 200 valence electrons. The number of piperazine rings is 1. The summed E-state index contributed by atoms with van der Waals surface area (Å²) in [6.07, 6.45) is 7.38. The second kappa shape index (κ2) is 10.5. The van der Waals surface area contributed by atoms with Crippen LogP contribution in [0.2, 0.25) is 0 Å².